The van der Waals surface area contributed by atoms with Gasteiger partial charge < -0.3 is 10.6 Å². The maximum atomic E-state index is 12.7. The minimum absolute atomic E-state index is 0.0772. The molecule has 2 aliphatic heterocycles. The van der Waals surface area contributed by atoms with Crippen molar-refractivity contribution in [3.05, 3.63) is 34.4 Å². The molecule has 1 amide bonds. The summed E-state index contributed by atoms with van der Waals surface area (Å²) in [6.45, 7) is 7.82. The van der Waals surface area contributed by atoms with Crippen LogP contribution >= 0.6 is 0 Å². The highest BCUT2D eigenvalue weighted by Crippen LogP contribution is 2.27. The van der Waals surface area contributed by atoms with Gasteiger partial charge in [-0.25, -0.2) is 14.6 Å². The predicted molar refractivity (Wildman–Crippen MR) is 103 cm³/mol. The highest BCUT2D eigenvalue weighted by molar-refractivity contribution is 5.79. The lowest BCUT2D eigenvalue weighted by Gasteiger charge is -2.29. The fourth-order valence-electron chi connectivity index (χ4n) is 4.54. The molecule has 0 radical (unpaired) electrons. The molecule has 4 rings (SSSR count). The first-order valence-corrected chi connectivity index (χ1v) is 9.82. The quantitative estimate of drug-likeness (QED) is 0.860. The molecule has 2 aliphatic rings. The second kappa shape index (κ2) is 7.03. The van der Waals surface area contributed by atoms with E-state index in [1.54, 1.807) is 4.68 Å². The van der Waals surface area contributed by atoms with E-state index in [0.717, 1.165) is 41.2 Å². The molecule has 0 aromatic carbocycles. The van der Waals surface area contributed by atoms with Crippen LogP contribution < -0.4 is 10.6 Å². The van der Waals surface area contributed by atoms with Gasteiger partial charge in [-0.1, -0.05) is 0 Å². The van der Waals surface area contributed by atoms with Crippen LogP contribution in [0.3, 0.4) is 0 Å². The number of nitrogens with zero attached hydrogens (tertiary/aromatic N) is 4. The van der Waals surface area contributed by atoms with E-state index in [-0.39, 0.29) is 11.9 Å². The van der Waals surface area contributed by atoms with Crippen LogP contribution in [0.4, 0.5) is 0 Å². The second-order valence-electron chi connectivity index (χ2n) is 8.06. The van der Waals surface area contributed by atoms with Crippen LogP contribution in [0.1, 0.15) is 54.0 Å². The largest absolute Gasteiger partial charge is 0.353 e. The third-order valence-corrected chi connectivity index (χ3v) is 5.78. The van der Waals surface area contributed by atoms with Crippen molar-refractivity contribution in [1.82, 2.24) is 30.4 Å². The molecule has 2 aromatic rings. The van der Waals surface area contributed by atoms with Crippen molar-refractivity contribution in [2.24, 2.45) is 0 Å². The van der Waals surface area contributed by atoms with Gasteiger partial charge in [0.05, 0.1) is 12.1 Å². The normalized spacial score (nSPS) is 24.2. The lowest BCUT2D eigenvalue weighted by atomic mass is 9.99. The molecule has 2 unspecified atom stereocenters. The zero-order valence-corrected chi connectivity index (χ0v) is 16.5. The van der Waals surface area contributed by atoms with Gasteiger partial charge in [0.1, 0.15) is 0 Å². The van der Waals surface area contributed by atoms with Crippen molar-refractivity contribution in [1.29, 1.82) is 0 Å². The number of rotatable bonds is 4. The zero-order valence-electron chi connectivity index (χ0n) is 16.5. The van der Waals surface area contributed by atoms with E-state index in [2.05, 4.69) is 25.7 Å². The summed E-state index contributed by atoms with van der Waals surface area (Å²) in [6.07, 6.45) is 4.89. The van der Waals surface area contributed by atoms with Crippen molar-refractivity contribution in [2.45, 2.75) is 77.9 Å². The third-order valence-electron chi connectivity index (χ3n) is 5.78. The molecule has 0 saturated carbocycles. The summed E-state index contributed by atoms with van der Waals surface area (Å²) in [4.78, 5) is 21.7. The van der Waals surface area contributed by atoms with Crippen molar-refractivity contribution >= 4 is 5.91 Å². The van der Waals surface area contributed by atoms with Crippen molar-refractivity contribution in [2.75, 3.05) is 0 Å². The van der Waals surface area contributed by atoms with E-state index >= 15 is 0 Å². The number of carbonyl (C=O) groups excluding carboxylic acids is 1. The summed E-state index contributed by atoms with van der Waals surface area (Å²) in [5.41, 5.74) is 4.57. The number of aromatic nitrogens is 4. The molecular weight excluding hydrogens is 340 g/mol. The van der Waals surface area contributed by atoms with Crippen LogP contribution in [-0.4, -0.2) is 43.8 Å². The molecule has 2 N–H and O–H groups in total. The number of aryl methyl sites for hydroxylation is 3. The first-order valence-electron chi connectivity index (χ1n) is 9.82. The average molecular weight is 368 g/mol. The maximum Gasteiger partial charge on any atom is 0.251 e. The molecule has 7 nitrogen and oxygen atoms in total. The van der Waals surface area contributed by atoms with Crippen LogP contribution in [0.25, 0.3) is 5.95 Å². The Kier molecular flexibility index (Phi) is 4.72. The lowest BCUT2D eigenvalue weighted by Crippen LogP contribution is -2.48. The summed E-state index contributed by atoms with van der Waals surface area (Å²) in [7, 11) is 0. The van der Waals surface area contributed by atoms with Gasteiger partial charge in [-0.2, -0.15) is 5.10 Å². The lowest BCUT2D eigenvalue weighted by molar-refractivity contribution is -0.121. The van der Waals surface area contributed by atoms with Crippen molar-refractivity contribution < 1.29 is 4.79 Å². The van der Waals surface area contributed by atoms with Gasteiger partial charge in [0.25, 0.3) is 5.95 Å². The van der Waals surface area contributed by atoms with Gasteiger partial charge in [0.15, 0.2) is 0 Å². The van der Waals surface area contributed by atoms with Crippen LogP contribution in [0.5, 0.6) is 0 Å². The van der Waals surface area contributed by atoms with E-state index in [0.29, 0.717) is 24.5 Å². The van der Waals surface area contributed by atoms with Gasteiger partial charge in [-0.3, -0.25) is 4.79 Å². The Balaban J connectivity index is 1.49. The van der Waals surface area contributed by atoms with Crippen LogP contribution in [0.2, 0.25) is 0 Å². The van der Waals surface area contributed by atoms with E-state index in [1.807, 2.05) is 33.8 Å². The van der Waals surface area contributed by atoms with Crippen LogP contribution in [-0.2, 0) is 11.2 Å². The first kappa shape index (κ1) is 18.1. The number of piperidine rings is 1. The molecule has 27 heavy (non-hydrogen) atoms. The Labute approximate surface area is 160 Å². The molecule has 2 fully saturated rings. The number of nitrogens with one attached hydrogen (secondary N) is 2. The first-order chi connectivity index (χ1) is 12.9. The molecule has 2 atom stereocenters. The fourth-order valence-corrected chi connectivity index (χ4v) is 4.54. The maximum absolute atomic E-state index is 12.7. The zero-order chi connectivity index (χ0) is 19.1. The van der Waals surface area contributed by atoms with Gasteiger partial charge in [-0.05, 0) is 59.4 Å². The fraction of sp³-hybridized carbons (Fsp3) is 0.600. The molecule has 0 spiro atoms. The topological polar surface area (TPSA) is 84.7 Å². The summed E-state index contributed by atoms with van der Waals surface area (Å²) in [6, 6.07) is 3.37. The standard InChI is InChI=1S/C20H28N6O/c1-11-7-12(2)22-20(21-11)26-14(4)18(13(3)25-26)10-19(27)24-17-8-15-5-6-16(9-17)23-15/h7,15-17,23H,5-6,8-10H2,1-4H3,(H,24,27). The van der Waals surface area contributed by atoms with Crippen molar-refractivity contribution in [3.63, 3.8) is 0 Å². The Morgan fingerprint density at radius 3 is 2.41 bits per heavy atom. The molecule has 2 aromatic heterocycles. The molecule has 7 heteroatoms. The van der Waals surface area contributed by atoms with Crippen LogP contribution in [0.15, 0.2) is 6.07 Å². The highest BCUT2D eigenvalue weighted by atomic mass is 16.1. The summed E-state index contributed by atoms with van der Waals surface area (Å²) in [5.74, 6) is 0.642. The van der Waals surface area contributed by atoms with Gasteiger partial charge in [0, 0.05) is 40.8 Å². The second-order valence-corrected chi connectivity index (χ2v) is 8.06. The Hall–Kier alpha value is -2.28. The van der Waals surface area contributed by atoms with Gasteiger partial charge in [-0.15, -0.1) is 0 Å². The third kappa shape index (κ3) is 3.74. The van der Waals surface area contributed by atoms with E-state index in [4.69, 9.17) is 0 Å². The molecule has 144 valence electrons. The number of fused-ring (bicyclic) bond motifs is 2. The van der Waals surface area contributed by atoms with E-state index in [9.17, 15) is 4.79 Å². The molecule has 0 aliphatic carbocycles. The molecular formula is C20H28N6O. The number of carbonyl (C=O) groups is 1. The minimum atomic E-state index is 0.0772. The number of amides is 1. The minimum Gasteiger partial charge on any atom is -0.353 e. The number of hydrogen-bond donors (Lipinski definition) is 2. The summed E-state index contributed by atoms with van der Waals surface area (Å²) in [5, 5.41) is 11.5. The Morgan fingerprint density at radius 1 is 1.15 bits per heavy atom. The summed E-state index contributed by atoms with van der Waals surface area (Å²) >= 11 is 0. The predicted octanol–water partition coefficient (Wildman–Crippen LogP) is 1.84. The van der Waals surface area contributed by atoms with Gasteiger partial charge >= 0.3 is 0 Å². The Bertz CT molecular complexity index is 841. The highest BCUT2D eigenvalue weighted by Gasteiger charge is 2.34. The number of hydrogen-bond acceptors (Lipinski definition) is 5. The molecule has 4 heterocycles. The summed E-state index contributed by atoms with van der Waals surface area (Å²) < 4.78 is 1.75. The van der Waals surface area contributed by atoms with Crippen molar-refractivity contribution in [3.8, 4) is 5.95 Å². The smallest absolute Gasteiger partial charge is 0.251 e. The van der Waals surface area contributed by atoms with Gasteiger partial charge in [0.2, 0.25) is 5.91 Å². The SMILES string of the molecule is Cc1cc(C)nc(-n2nc(C)c(CC(=O)NC3CC4CCC(C3)N4)c2C)n1. The van der Waals surface area contributed by atoms with E-state index < -0.39 is 0 Å². The molecule has 2 saturated heterocycles. The van der Waals surface area contributed by atoms with E-state index in [1.165, 1.54) is 12.8 Å². The monoisotopic (exact) mass is 368 g/mol. The Morgan fingerprint density at radius 2 is 1.78 bits per heavy atom. The average Bonchev–Trinajstić information content (AvgIpc) is 3.07. The van der Waals surface area contributed by atoms with Crippen LogP contribution in [0, 0.1) is 27.7 Å². The molecule has 2 bridgehead atoms.